The maximum atomic E-state index is 12.5. The van der Waals surface area contributed by atoms with E-state index in [0.717, 1.165) is 23.5 Å². The number of benzene rings is 1. The van der Waals surface area contributed by atoms with Gasteiger partial charge in [-0.05, 0) is 24.1 Å². The van der Waals surface area contributed by atoms with Gasteiger partial charge in [0.05, 0.1) is 17.4 Å². The summed E-state index contributed by atoms with van der Waals surface area (Å²) >= 11 is 5.69. The molecule has 0 saturated heterocycles. The zero-order valence-corrected chi connectivity index (χ0v) is 10.3. The molecule has 0 unspecified atom stereocenters. The van der Waals surface area contributed by atoms with Gasteiger partial charge in [0.1, 0.15) is 0 Å². The Morgan fingerprint density at radius 3 is 2.56 bits per heavy atom. The summed E-state index contributed by atoms with van der Waals surface area (Å²) in [6, 6.07) is 5.31. The fraction of sp³-hybridized carbons (Fsp3) is 0.250. The summed E-state index contributed by atoms with van der Waals surface area (Å²) in [4.78, 5) is 0. The highest BCUT2D eigenvalue weighted by Gasteiger charge is 2.32. The number of nitrogens with zero attached hydrogens (tertiary/aromatic N) is 2. The lowest BCUT2D eigenvalue weighted by Gasteiger charge is -2.07. The Bertz CT molecular complexity index is 561. The Balaban J connectivity index is 2.40. The van der Waals surface area contributed by atoms with Crippen molar-refractivity contribution in [2.45, 2.75) is 19.0 Å². The van der Waals surface area contributed by atoms with Crippen molar-refractivity contribution in [3.05, 3.63) is 47.3 Å². The highest BCUT2D eigenvalue weighted by molar-refractivity contribution is 6.17. The quantitative estimate of drug-likeness (QED) is 0.759. The van der Waals surface area contributed by atoms with Gasteiger partial charge in [-0.25, -0.2) is 4.68 Å². The van der Waals surface area contributed by atoms with Crippen LogP contribution in [0.4, 0.5) is 13.2 Å². The Kier molecular flexibility index (Phi) is 3.34. The van der Waals surface area contributed by atoms with E-state index < -0.39 is 11.7 Å². The van der Waals surface area contributed by atoms with Gasteiger partial charge in [-0.2, -0.15) is 18.3 Å². The van der Waals surface area contributed by atoms with E-state index in [-0.39, 0.29) is 0 Å². The van der Waals surface area contributed by atoms with E-state index in [9.17, 15) is 13.2 Å². The standard InChI is InChI=1S/C12H10ClF3N2/c1-8-4-9(5-13)2-3-11(8)18-7-10(6-17-18)12(14,15)16/h2-4,6-7H,5H2,1H3. The van der Waals surface area contributed by atoms with Gasteiger partial charge in [-0.3, -0.25) is 0 Å². The van der Waals surface area contributed by atoms with Gasteiger partial charge < -0.3 is 0 Å². The molecule has 0 N–H and O–H groups in total. The van der Waals surface area contributed by atoms with Crippen molar-refractivity contribution < 1.29 is 13.2 Å². The second-order valence-corrected chi connectivity index (χ2v) is 4.19. The minimum atomic E-state index is -4.37. The van der Waals surface area contributed by atoms with Crippen molar-refractivity contribution in [1.82, 2.24) is 9.78 Å². The van der Waals surface area contributed by atoms with Crippen LogP contribution in [-0.4, -0.2) is 9.78 Å². The average Bonchev–Trinajstić information content (AvgIpc) is 2.77. The highest BCUT2D eigenvalue weighted by Crippen LogP contribution is 2.29. The van der Waals surface area contributed by atoms with Crippen molar-refractivity contribution >= 4 is 11.6 Å². The summed E-state index contributed by atoms with van der Waals surface area (Å²) in [5.41, 5.74) is 1.59. The van der Waals surface area contributed by atoms with Crippen LogP contribution >= 0.6 is 11.6 Å². The summed E-state index contributed by atoms with van der Waals surface area (Å²) in [5, 5.41) is 3.73. The van der Waals surface area contributed by atoms with Crippen LogP contribution < -0.4 is 0 Å². The molecule has 0 atom stereocenters. The van der Waals surface area contributed by atoms with Crippen LogP contribution in [0.2, 0.25) is 0 Å². The number of aromatic nitrogens is 2. The lowest BCUT2D eigenvalue weighted by Crippen LogP contribution is -2.03. The predicted octanol–water partition coefficient (Wildman–Crippen LogP) is 3.94. The molecule has 0 aliphatic rings. The predicted molar refractivity (Wildman–Crippen MR) is 62.9 cm³/mol. The number of hydrogen-bond donors (Lipinski definition) is 0. The first-order valence-corrected chi connectivity index (χ1v) is 5.73. The normalized spacial score (nSPS) is 11.8. The second kappa shape index (κ2) is 4.65. The number of halogens is 4. The Hall–Kier alpha value is -1.49. The van der Waals surface area contributed by atoms with Gasteiger partial charge in [0.15, 0.2) is 0 Å². The summed E-state index contributed by atoms with van der Waals surface area (Å²) in [5.74, 6) is 0.369. The first-order chi connectivity index (χ1) is 8.41. The lowest BCUT2D eigenvalue weighted by atomic mass is 10.1. The number of aryl methyl sites for hydroxylation is 1. The summed E-state index contributed by atoms with van der Waals surface area (Å²) in [7, 11) is 0. The second-order valence-electron chi connectivity index (χ2n) is 3.93. The molecule has 96 valence electrons. The Morgan fingerprint density at radius 2 is 2.06 bits per heavy atom. The molecule has 2 nitrogen and oxygen atoms in total. The van der Waals surface area contributed by atoms with E-state index in [0.29, 0.717) is 11.6 Å². The van der Waals surface area contributed by atoms with Gasteiger partial charge in [0.25, 0.3) is 0 Å². The van der Waals surface area contributed by atoms with Crippen LogP contribution in [0.25, 0.3) is 5.69 Å². The van der Waals surface area contributed by atoms with Crippen molar-refractivity contribution in [2.75, 3.05) is 0 Å². The van der Waals surface area contributed by atoms with Crippen molar-refractivity contribution in [1.29, 1.82) is 0 Å². The van der Waals surface area contributed by atoms with Gasteiger partial charge in [-0.1, -0.05) is 12.1 Å². The van der Waals surface area contributed by atoms with Gasteiger partial charge in [-0.15, -0.1) is 11.6 Å². The largest absolute Gasteiger partial charge is 0.419 e. The first kappa shape index (κ1) is 13.0. The molecule has 0 radical (unpaired) electrons. The molecular weight excluding hydrogens is 265 g/mol. The maximum absolute atomic E-state index is 12.5. The Labute approximate surface area is 107 Å². The average molecular weight is 275 g/mol. The lowest BCUT2D eigenvalue weighted by molar-refractivity contribution is -0.137. The van der Waals surface area contributed by atoms with Crippen LogP contribution in [0, 0.1) is 6.92 Å². The Morgan fingerprint density at radius 1 is 1.33 bits per heavy atom. The topological polar surface area (TPSA) is 17.8 Å². The maximum Gasteiger partial charge on any atom is 0.419 e. The summed E-state index contributed by atoms with van der Waals surface area (Å²) < 4.78 is 38.6. The van der Waals surface area contributed by atoms with E-state index in [2.05, 4.69) is 5.10 Å². The van der Waals surface area contributed by atoms with Crippen LogP contribution in [0.3, 0.4) is 0 Å². The van der Waals surface area contributed by atoms with Crippen LogP contribution in [0.5, 0.6) is 0 Å². The van der Waals surface area contributed by atoms with E-state index in [1.165, 1.54) is 4.68 Å². The van der Waals surface area contributed by atoms with Gasteiger partial charge in [0.2, 0.25) is 0 Å². The van der Waals surface area contributed by atoms with E-state index in [1.807, 2.05) is 6.07 Å². The molecule has 2 aromatic rings. The molecule has 0 spiro atoms. The minimum absolute atomic E-state index is 0.369. The van der Waals surface area contributed by atoms with E-state index >= 15 is 0 Å². The SMILES string of the molecule is Cc1cc(CCl)ccc1-n1cc(C(F)(F)F)cn1. The van der Waals surface area contributed by atoms with Crippen LogP contribution in [0.15, 0.2) is 30.6 Å². The zero-order valence-electron chi connectivity index (χ0n) is 9.50. The fourth-order valence-corrected chi connectivity index (χ4v) is 1.82. The molecule has 2 rings (SSSR count). The van der Waals surface area contributed by atoms with Crippen molar-refractivity contribution in [3.8, 4) is 5.69 Å². The smallest absolute Gasteiger partial charge is 0.240 e. The third kappa shape index (κ3) is 2.51. The molecule has 1 aromatic carbocycles. The van der Waals surface area contributed by atoms with E-state index in [4.69, 9.17) is 11.6 Å². The van der Waals surface area contributed by atoms with Crippen molar-refractivity contribution in [3.63, 3.8) is 0 Å². The summed E-state index contributed by atoms with van der Waals surface area (Å²) in [6.45, 7) is 1.81. The van der Waals surface area contributed by atoms with Crippen LogP contribution in [-0.2, 0) is 12.1 Å². The monoisotopic (exact) mass is 274 g/mol. The third-order valence-electron chi connectivity index (χ3n) is 2.57. The van der Waals surface area contributed by atoms with Gasteiger partial charge in [0, 0.05) is 12.1 Å². The van der Waals surface area contributed by atoms with E-state index in [1.54, 1.807) is 19.1 Å². The molecule has 1 aromatic heterocycles. The number of rotatable bonds is 2. The molecule has 0 amide bonds. The first-order valence-electron chi connectivity index (χ1n) is 5.19. The third-order valence-corrected chi connectivity index (χ3v) is 2.88. The highest BCUT2D eigenvalue weighted by atomic mass is 35.5. The molecule has 18 heavy (non-hydrogen) atoms. The number of hydrogen-bond acceptors (Lipinski definition) is 1. The molecule has 0 fully saturated rings. The molecular formula is C12H10ClF3N2. The molecule has 0 aliphatic heterocycles. The zero-order chi connectivity index (χ0) is 13.3. The number of alkyl halides is 4. The van der Waals surface area contributed by atoms with Crippen LogP contribution in [0.1, 0.15) is 16.7 Å². The molecule has 6 heteroatoms. The fourth-order valence-electron chi connectivity index (χ4n) is 1.66. The molecule has 0 saturated carbocycles. The molecule has 0 aliphatic carbocycles. The van der Waals surface area contributed by atoms with Gasteiger partial charge >= 0.3 is 6.18 Å². The minimum Gasteiger partial charge on any atom is -0.240 e. The summed E-state index contributed by atoms with van der Waals surface area (Å²) in [6.07, 6.45) is -2.58. The van der Waals surface area contributed by atoms with Crippen molar-refractivity contribution in [2.24, 2.45) is 0 Å². The molecule has 0 bridgehead atoms. The molecule has 1 heterocycles.